The van der Waals surface area contributed by atoms with Crippen molar-refractivity contribution in [2.75, 3.05) is 20.8 Å². The van der Waals surface area contributed by atoms with Crippen molar-refractivity contribution in [3.05, 3.63) is 59.4 Å². The molecule has 0 aromatic heterocycles. The van der Waals surface area contributed by atoms with Crippen LogP contribution in [0.3, 0.4) is 0 Å². The highest BCUT2D eigenvalue weighted by atomic mass is 19.1. The van der Waals surface area contributed by atoms with Gasteiger partial charge >= 0.3 is 0 Å². The van der Waals surface area contributed by atoms with Gasteiger partial charge in [0.15, 0.2) is 11.5 Å². The van der Waals surface area contributed by atoms with Crippen LogP contribution in [0.4, 0.5) is 4.39 Å². The molecule has 0 saturated heterocycles. The lowest BCUT2D eigenvalue weighted by atomic mass is 10.1. The second kappa shape index (κ2) is 7.43. The number of hydrogen-bond acceptors (Lipinski definition) is 3. The first-order chi connectivity index (χ1) is 10.2. The lowest BCUT2D eigenvalue weighted by Crippen LogP contribution is -1.95. The van der Waals surface area contributed by atoms with Crippen molar-refractivity contribution in [2.24, 2.45) is 4.99 Å². The zero-order valence-electron chi connectivity index (χ0n) is 12.2. The summed E-state index contributed by atoms with van der Waals surface area (Å²) < 4.78 is 23.2. The third-order valence-corrected chi connectivity index (χ3v) is 3.09. The number of nitrogens with zero attached hydrogens (tertiary/aromatic N) is 1. The molecule has 2 aromatic rings. The smallest absolute Gasteiger partial charge is 0.160 e. The van der Waals surface area contributed by atoms with E-state index in [9.17, 15) is 4.39 Å². The first-order valence-corrected chi connectivity index (χ1v) is 6.69. The topological polar surface area (TPSA) is 30.8 Å². The van der Waals surface area contributed by atoms with Crippen LogP contribution in [0.5, 0.6) is 11.5 Å². The van der Waals surface area contributed by atoms with E-state index in [2.05, 4.69) is 4.99 Å². The lowest BCUT2D eigenvalue weighted by molar-refractivity contribution is 0.354. The summed E-state index contributed by atoms with van der Waals surface area (Å²) in [5.41, 5.74) is 2.02. The molecule has 0 saturated carbocycles. The molecule has 21 heavy (non-hydrogen) atoms. The molecule has 0 aliphatic rings. The summed E-state index contributed by atoms with van der Waals surface area (Å²) in [7, 11) is 3.23. The van der Waals surface area contributed by atoms with E-state index in [1.807, 2.05) is 18.2 Å². The Hall–Kier alpha value is -2.36. The van der Waals surface area contributed by atoms with Gasteiger partial charge in [-0.25, -0.2) is 4.39 Å². The Morgan fingerprint density at radius 2 is 1.71 bits per heavy atom. The summed E-state index contributed by atoms with van der Waals surface area (Å²) in [6.45, 7) is 0.660. The maximum absolute atomic E-state index is 12.8. The molecule has 0 fully saturated rings. The molecule has 0 spiro atoms. The highest BCUT2D eigenvalue weighted by Crippen LogP contribution is 2.27. The van der Waals surface area contributed by atoms with Crippen molar-refractivity contribution >= 4 is 6.21 Å². The first kappa shape index (κ1) is 15.0. The quantitative estimate of drug-likeness (QED) is 0.761. The average molecular weight is 287 g/mol. The summed E-state index contributed by atoms with van der Waals surface area (Å²) in [5, 5.41) is 0. The van der Waals surface area contributed by atoms with E-state index in [0.29, 0.717) is 6.54 Å². The Labute approximate surface area is 124 Å². The van der Waals surface area contributed by atoms with Gasteiger partial charge in [-0.05, 0) is 41.8 Å². The van der Waals surface area contributed by atoms with Gasteiger partial charge in [0.25, 0.3) is 0 Å². The molecule has 0 aliphatic heterocycles. The molecule has 0 atom stereocenters. The molecule has 110 valence electrons. The Morgan fingerprint density at radius 1 is 1.00 bits per heavy atom. The maximum Gasteiger partial charge on any atom is 0.160 e. The molecule has 2 rings (SSSR count). The fraction of sp³-hybridized carbons (Fsp3) is 0.235. The van der Waals surface area contributed by atoms with Crippen LogP contribution in [0, 0.1) is 5.82 Å². The second-order valence-corrected chi connectivity index (χ2v) is 4.53. The number of benzene rings is 2. The van der Waals surface area contributed by atoms with Crippen LogP contribution in [0.1, 0.15) is 11.1 Å². The Morgan fingerprint density at radius 3 is 2.38 bits per heavy atom. The van der Waals surface area contributed by atoms with Gasteiger partial charge in [-0.15, -0.1) is 0 Å². The molecule has 0 N–H and O–H groups in total. The van der Waals surface area contributed by atoms with Gasteiger partial charge in [0.05, 0.1) is 14.2 Å². The second-order valence-electron chi connectivity index (χ2n) is 4.53. The minimum absolute atomic E-state index is 0.238. The van der Waals surface area contributed by atoms with Gasteiger partial charge in [-0.2, -0.15) is 0 Å². The molecule has 3 nitrogen and oxygen atoms in total. The van der Waals surface area contributed by atoms with Gasteiger partial charge in [0.1, 0.15) is 5.82 Å². The van der Waals surface area contributed by atoms with E-state index in [0.717, 1.165) is 29.0 Å². The van der Waals surface area contributed by atoms with E-state index < -0.39 is 0 Å². The molecule has 0 unspecified atom stereocenters. The number of aliphatic imine (C=N–C) groups is 1. The normalized spacial score (nSPS) is 10.8. The van der Waals surface area contributed by atoms with Crippen LogP contribution < -0.4 is 9.47 Å². The number of hydrogen-bond donors (Lipinski definition) is 0. The summed E-state index contributed by atoms with van der Waals surface area (Å²) in [6, 6.07) is 12.1. The summed E-state index contributed by atoms with van der Waals surface area (Å²) in [6.07, 6.45) is 2.55. The first-order valence-electron chi connectivity index (χ1n) is 6.69. The summed E-state index contributed by atoms with van der Waals surface area (Å²) in [5.74, 6) is 1.20. The van der Waals surface area contributed by atoms with Crippen molar-refractivity contribution < 1.29 is 13.9 Å². The van der Waals surface area contributed by atoms with E-state index in [1.165, 1.54) is 12.1 Å². The van der Waals surface area contributed by atoms with Crippen LogP contribution in [-0.4, -0.2) is 27.0 Å². The number of methoxy groups -OCH3 is 2. The van der Waals surface area contributed by atoms with E-state index in [-0.39, 0.29) is 5.82 Å². The van der Waals surface area contributed by atoms with Crippen molar-refractivity contribution in [3.63, 3.8) is 0 Å². The minimum atomic E-state index is -0.238. The average Bonchev–Trinajstić information content (AvgIpc) is 2.53. The van der Waals surface area contributed by atoms with Gasteiger partial charge in [0, 0.05) is 12.8 Å². The summed E-state index contributed by atoms with van der Waals surface area (Å²) >= 11 is 0. The van der Waals surface area contributed by atoms with Crippen LogP contribution in [0.25, 0.3) is 0 Å². The van der Waals surface area contributed by atoms with Crippen molar-refractivity contribution in [3.8, 4) is 11.5 Å². The van der Waals surface area contributed by atoms with Crippen molar-refractivity contribution in [1.29, 1.82) is 0 Å². The van der Waals surface area contributed by atoms with Crippen LogP contribution in [-0.2, 0) is 6.42 Å². The maximum atomic E-state index is 12.8. The lowest BCUT2D eigenvalue weighted by Gasteiger charge is -2.08. The molecule has 4 heteroatoms. The number of halogens is 1. The number of ether oxygens (including phenoxy) is 2. The van der Waals surface area contributed by atoms with Crippen LogP contribution in [0.2, 0.25) is 0 Å². The van der Waals surface area contributed by atoms with E-state index in [1.54, 1.807) is 32.6 Å². The number of rotatable bonds is 6. The zero-order chi connectivity index (χ0) is 15.1. The molecule has 0 heterocycles. The molecule has 0 aliphatic carbocycles. The van der Waals surface area contributed by atoms with Crippen LogP contribution >= 0.6 is 0 Å². The van der Waals surface area contributed by atoms with Gasteiger partial charge in [0.2, 0.25) is 0 Å². The predicted molar refractivity (Wildman–Crippen MR) is 82.1 cm³/mol. The molecule has 0 bridgehead atoms. The van der Waals surface area contributed by atoms with Crippen LogP contribution in [0.15, 0.2) is 47.5 Å². The van der Waals surface area contributed by atoms with Gasteiger partial charge in [-0.1, -0.05) is 18.2 Å². The fourth-order valence-corrected chi connectivity index (χ4v) is 1.95. The third kappa shape index (κ3) is 4.31. The fourth-order valence-electron chi connectivity index (χ4n) is 1.95. The van der Waals surface area contributed by atoms with Crippen molar-refractivity contribution in [1.82, 2.24) is 0 Å². The van der Waals surface area contributed by atoms with E-state index >= 15 is 0 Å². The highest BCUT2D eigenvalue weighted by Gasteiger charge is 2.03. The molecule has 0 radical (unpaired) electrons. The van der Waals surface area contributed by atoms with Crippen molar-refractivity contribution in [2.45, 2.75) is 6.42 Å². The highest BCUT2D eigenvalue weighted by molar-refractivity contribution is 5.79. The predicted octanol–water partition coefficient (Wildman–Crippen LogP) is 3.50. The third-order valence-electron chi connectivity index (χ3n) is 3.09. The molecule has 2 aromatic carbocycles. The van der Waals surface area contributed by atoms with Gasteiger partial charge in [-0.3, -0.25) is 4.99 Å². The standard InChI is InChI=1S/C17H18FNO2/c1-20-16-8-5-13(11-17(16)21-2)9-10-19-12-14-3-6-15(18)7-4-14/h3-8,11-12H,9-10H2,1-2H3/b19-12-. The Balaban J connectivity index is 1.92. The largest absolute Gasteiger partial charge is 0.493 e. The van der Waals surface area contributed by atoms with E-state index in [4.69, 9.17) is 9.47 Å². The minimum Gasteiger partial charge on any atom is -0.493 e. The Bertz CT molecular complexity index is 609. The summed E-state index contributed by atoms with van der Waals surface area (Å²) in [4.78, 5) is 4.35. The zero-order valence-corrected chi connectivity index (χ0v) is 12.2. The molecular weight excluding hydrogens is 269 g/mol. The molecule has 0 amide bonds. The van der Waals surface area contributed by atoms with Gasteiger partial charge < -0.3 is 9.47 Å². The molecular formula is C17H18FNO2. The Kier molecular flexibility index (Phi) is 5.32. The SMILES string of the molecule is COc1ccc(CC/N=C\c2ccc(F)cc2)cc1OC. The monoisotopic (exact) mass is 287 g/mol.